The van der Waals surface area contributed by atoms with Crippen LogP contribution in [0.5, 0.6) is 0 Å². The van der Waals surface area contributed by atoms with Gasteiger partial charge >= 0.3 is 12.0 Å². The molecular formula is C14H17N3O3S. The second-order valence-electron chi connectivity index (χ2n) is 4.75. The normalized spacial score (nSPS) is 17.0. The van der Waals surface area contributed by atoms with Gasteiger partial charge in [0.05, 0.1) is 12.5 Å². The Labute approximate surface area is 127 Å². The van der Waals surface area contributed by atoms with Gasteiger partial charge in [-0.25, -0.2) is 9.59 Å². The first-order valence-electron chi connectivity index (χ1n) is 6.81. The van der Waals surface area contributed by atoms with Crippen molar-refractivity contribution >= 4 is 23.3 Å². The Bertz CT molecular complexity index is 578. The molecule has 1 aliphatic heterocycles. The second kappa shape index (κ2) is 6.59. The zero-order valence-corrected chi connectivity index (χ0v) is 12.6. The smallest absolute Gasteiger partial charge is 0.331 e. The van der Waals surface area contributed by atoms with Gasteiger partial charge in [0.2, 0.25) is 0 Å². The van der Waals surface area contributed by atoms with Crippen LogP contribution in [-0.4, -0.2) is 46.5 Å². The van der Waals surface area contributed by atoms with E-state index in [1.54, 1.807) is 6.07 Å². The standard InChI is InChI=1S/C14H17N3O3S/c1-2-16(7-3-6-15)14(20)17-8-4-11-10(5-9-21-11)12(17)13(18)19/h5,9,12H,2-4,7-8H2,1H3,(H,18,19). The van der Waals surface area contributed by atoms with Gasteiger partial charge in [0.1, 0.15) is 0 Å². The van der Waals surface area contributed by atoms with Crippen LogP contribution in [0.15, 0.2) is 11.4 Å². The van der Waals surface area contributed by atoms with E-state index < -0.39 is 12.0 Å². The van der Waals surface area contributed by atoms with Crippen LogP contribution < -0.4 is 0 Å². The zero-order chi connectivity index (χ0) is 15.4. The van der Waals surface area contributed by atoms with Crippen molar-refractivity contribution < 1.29 is 14.7 Å². The molecule has 1 N–H and O–H groups in total. The predicted octanol–water partition coefficient (Wildman–Crippen LogP) is 2.09. The second-order valence-corrected chi connectivity index (χ2v) is 5.75. The average molecular weight is 307 g/mol. The number of carboxylic acids is 1. The Morgan fingerprint density at radius 3 is 3.00 bits per heavy atom. The number of nitrogens with zero attached hydrogens (tertiary/aromatic N) is 3. The molecule has 0 saturated carbocycles. The number of hydrogen-bond donors (Lipinski definition) is 1. The number of rotatable bonds is 4. The van der Waals surface area contributed by atoms with Crippen LogP contribution in [0.1, 0.15) is 29.8 Å². The highest BCUT2D eigenvalue weighted by Gasteiger charge is 2.38. The van der Waals surface area contributed by atoms with E-state index in [1.807, 2.05) is 18.4 Å². The van der Waals surface area contributed by atoms with Gasteiger partial charge in [-0.1, -0.05) is 0 Å². The Morgan fingerprint density at radius 1 is 1.62 bits per heavy atom. The summed E-state index contributed by atoms with van der Waals surface area (Å²) >= 11 is 1.53. The number of thiophene rings is 1. The van der Waals surface area contributed by atoms with Crippen LogP contribution in [0.25, 0.3) is 0 Å². The van der Waals surface area contributed by atoms with Gasteiger partial charge in [0.15, 0.2) is 6.04 Å². The minimum Gasteiger partial charge on any atom is -0.479 e. The first-order chi connectivity index (χ1) is 10.1. The van der Waals surface area contributed by atoms with Gasteiger partial charge in [0.25, 0.3) is 0 Å². The lowest BCUT2D eigenvalue weighted by Gasteiger charge is -2.36. The molecule has 6 nitrogen and oxygen atoms in total. The molecule has 1 unspecified atom stereocenters. The highest BCUT2D eigenvalue weighted by molar-refractivity contribution is 7.10. The SMILES string of the molecule is CCN(CCC#N)C(=O)N1CCc2sccc2C1C(=O)O. The molecule has 0 spiro atoms. The molecule has 1 aromatic rings. The zero-order valence-electron chi connectivity index (χ0n) is 11.8. The van der Waals surface area contributed by atoms with Gasteiger partial charge in [0, 0.05) is 24.5 Å². The summed E-state index contributed by atoms with van der Waals surface area (Å²) in [6.45, 7) is 3.00. The van der Waals surface area contributed by atoms with Crippen LogP contribution in [0, 0.1) is 11.3 Å². The summed E-state index contributed by atoms with van der Waals surface area (Å²) in [4.78, 5) is 28.1. The Hall–Kier alpha value is -2.07. The first-order valence-corrected chi connectivity index (χ1v) is 7.69. The predicted molar refractivity (Wildman–Crippen MR) is 78.0 cm³/mol. The average Bonchev–Trinajstić information content (AvgIpc) is 2.94. The molecule has 1 aromatic heterocycles. The molecule has 0 aliphatic carbocycles. The lowest BCUT2D eigenvalue weighted by Crippen LogP contribution is -2.49. The maximum absolute atomic E-state index is 12.6. The summed E-state index contributed by atoms with van der Waals surface area (Å²) in [5.41, 5.74) is 0.712. The highest BCUT2D eigenvalue weighted by Crippen LogP contribution is 2.34. The number of nitriles is 1. The summed E-state index contributed by atoms with van der Waals surface area (Å²) in [6.07, 6.45) is 0.924. The number of carbonyl (C=O) groups excluding carboxylic acids is 1. The number of carboxylic acid groups (broad SMARTS) is 1. The van der Waals surface area contributed by atoms with E-state index in [-0.39, 0.29) is 12.5 Å². The number of urea groups is 1. The highest BCUT2D eigenvalue weighted by atomic mass is 32.1. The molecule has 0 fully saturated rings. The van der Waals surface area contributed by atoms with Crippen molar-refractivity contribution in [3.8, 4) is 6.07 Å². The maximum atomic E-state index is 12.6. The van der Waals surface area contributed by atoms with Gasteiger partial charge < -0.3 is 14.9 Å². The van der Waals surface area contributed by atoms with Crippen molar-refractivity contribution in [1.82, 2.24) is 9.80 Å². The number of fused-ring (bicyclic) bond motifs is 1. The molecule has 0 radical (unpaired) electrons. The van der Waals surface area contributed by atoms with Crippen molar-refractivity contribution in [3.63, 3.8) is 0 Å². The number of hydrogen-bond acceptors (Lipinski definition) is 4. The summed E-state index contributed by atoms with van der Waals surface area (Å²) in [5, 5.41) is 20.0. The van der Waals surface area contributed by atoms with Crippen molar-refractivity contribution in [1.29, 1.82) is 5.26 Å². The quantitative estimate of drug-likeness (QED) is 0.923. The Kier molecular flexibility index (Phi) is 4.81. The number of amides is 2. The van der Waals surface area contributed by atoms with Crippen LogP contribution >= 0.6 is 11.3 Å². The molecule has 21 heavy (non-hydrogen) atoms. The third-order valence-corrected chi connectivity index (χ3v) is 4.59. The van der Waals surface area contributed by atoms with Crippen LogP contribution in [0.4, 0.5) is 4.79 Å². The Balaban J connectivity index is 2.24. The maximum Gasteiger partial charge on any atom is 0.331 e. The monoisotopic (exact) mass is 307 g/mol. The summed E-state index contributed by atoms with van der Waals surface area (Å²) in [5.74, 6) is -1.01. The van der Waals surface area contributed by atoms with E-state index in [0.29, 0.717) is 31.6 Å². The van der Waals surface area contributed by atoms with Gasteiger partial charge in [-0.15, -0.1) is 11.3 Å². The van der Waals surface area contributed by atoms with Crippen LogP contribution in [0.2, 0.25) is 0 Å². The topological polar surface area (TPSA) is 84.6 Å². The lowest BCUT2D eigenvalue weighted by atomic mass is 10.0. The van der Waals surface area contributed by atoms with Crippen molar-refractivity contribution in [2.45, 2.75) is 25.8 Å². The lowest BCUT2D eigenvalue weighted by molar-refractivity contribution is -0.143. The largest absolute Gasteiger partial charge is 0.479 e. The van der Waals surface area contributed by atoms with E-state index in [4.69, 9.17) is 5.26 Å². The summed E-state index contributed by atoms with van der Waals surface area (Å²) in [6, 6.07) is 2.55. The van der Waals surface area contributed by atoms with Gasteiger partial charge in [-0.05, 0) is 30.4 Å². The van der Waals surface area contributed by atoms with E-state index >= 15 is 0 Å². The third-order valence-electron chi connectivity index (χ3n) is 3.59. The van der Waals surface area contributed by atoms with Gasteiger partial charge in [-0.3, -0.25) is 0 Å². The van der Waals surface area contributed by atoms with Crippen LogP contribution in [0.3, 0.4) is 0 Å². The van der Waals surface area contributed by atoms with Crippen LogP contribution in [-0.2, 0) is 11.2 Å². The Morgan fingerprint density at radius 2 is 2.38 bits per heavy atom. The van der Waals surface area contributed by atoms with E-state index in [1.165, 1.54) is 21.1 Å². The van der Waals surface area contributed by atoms with Crippen molar-refractivity contribution in [2.75, 3.05) is 19.6 Å². The molecule has 7 heteroatoms. The molecule has 0 saturated heterocycles. The molecule has 1 atom stereocenters. The van der Waals surface area contributed by atoms with Crippen molar-refractivity contribution in [3.05, 3.63) is 21.9 Å². The minimum absolute atomic E-state index is 0.245. The fourth-order valence-electron chi connectivity index (χ4n) is 2.54. The molecule has 1 aliphatic rings. The van der Waals surface area contributed by atoms with E-state index in [0.717, 1.165) is 4.88 Å². The summed E-state index contributed by atoms with van der Waals surface area (Å²) < 4.78 is 0. The molecule has 112 valence electrons. The minimum atomic E-state index is -1.01. The molecule has 2 rings (SSSR count). The molecule has 0 bridgehead atoms. The first kappa shape index (κ1) is 15.3. The van der Waals surface area contributed by atoms with Gasteiger partial charge in [-0.2, -0.15) is 5.26 Å². The number of aliphatic carboxylic acids is 1. The molecule has 2 amide bonds. The fraction of sp³-hybridized carbons (Fsp3) is 0.500. The fourth-order valence-corrected chi connectivity index (χ4v) is 3.45. The number of carbonyl (C=O) groups is 2. The third kappa shape index (κ3) is 3.00. The van der Waals surface area contributed by atoms with Crippen molar-refractivity contribution in [2.24, 2.45) is 0 Å². The van der Waals surface area contributed by atoms with E-state index in [9.17, 15) is 14.7 Å². The molecular weight excluding hydrogens is 290 g/mol. The van der Waals surface area contributed by atoms with E-state index in [2.05, 4.69) is 0 Å². The summed E-state index contributed by atoms with van der Waals surface area (Å²) in [7, 11) is 0. The molecule has 0 aromatic carbocycles. The molecule has 2 heterocycles.